The van der Waals surface area contributed by atoms with Crippen LogP contribution < -0.4 is 5.32 Å². The van der Waals surface area contributed by atoms with Crippen LogP contribution in [0, 0.1) is 0 Å². The summed E-state index contributed by atoms with van der Waals surface area (Å²) >= 11 is 13.1. The normalized spacial score (nSPS) is 12.5. The first-order chi connectivity index (χ1) is 7.04. The zero-order chi connectivity index (χ0) is 11.4. The number of ether oxygens (including phenoxy) is 1. The third-order valence-corrected chi connectivity index (χ3v) is 3.45. The van der Waals surface area contributed by atoms with E-state index < -0.39 is 0 Å². The molecule has 0 amide bonds. The molecule has 0 aromatic carbocycles. The highest BCUT2D eigenvalue weighted by Gasteiger charge is 2.13. The maximum absolute atomic E-state index is 10.9. The summed E-state index contributed by atoms with van der Waals surface area (Å²) in [4.78, 5) is 10.9. The fraction of sp³-hybridized carbons (Fsp3) is 0.444. The molecule has 0 saturated carbocycles. The van der Waals surface area contributed by atoms with E-state index in [0.717, 1.165) is 5.56 Å². The minimum atomic E-state index is -0.306. The van der Waals surface area contributed by atoms with Gasteiger partial charge in [-0.25, -0.2) is 0 Å². The van der Waals surface area contributed by atoms with Crippen molar-refractivity contribution in [3.63, 3.8) is 0 Å². The van der Waals surface area contributed by atoms with Crippen molar-refractivity contribution in [2.24, 2.45) is 0 Å². The van der Waals surface area contributed by atoms with Crippen LogP contribution in [0.5, 0.6) is 0 Å². The molecule has 3 nitrogen and oxygen atoms in total. The molecule has 1 unspecified atom stereocenters. The number of methoxy groups -OCH3 is 1. The topological polar surface area (TPSA) is 38.3 Å². The van der Waals surface area contributed by atoms with Crippen molar-refractivity contribution in [1.29, 1.82) is 0 Å². The molecule has 0 bridgehead atoms. The molecule has 0 aliphatic heterocycles. The van der Waals surface area contributed by atoms with Gasteiger partial charge in [0.25, 0.3) is 0 Å². The Kier molecular flexibility index (Phi) is 4.86. The largest absolute Gasteiger partial charge is 0.468 e. The zero-order valence-corrected chi connectivity index (χ0v) is 10.7. The number of thiophene rings is 1. The molecule has 1 atom stereocenters. The number of hydrogen-bond acceptors (Lipinski definition) is 4. The molecule has 6 heteroatoms. The van der Waals surface area contributed by atoms with E-state index in [9.17, 15) is 4.79 Å². The number of nitrogens with one attached hydrogen (secondary N) is 1. The van der Waals surface area contributed by atoms with E-state index in [2.05, 4.69) is 10.1 Å². The number of halogens is 2. The molecule has 1 rings (SSSR count). The second-order valence-electron chi connectivity index (χ2n) is 2.96. The molecule has 1 heterocycles. The standard InChI is InChI=1S/C9H11Cl2NO2S/c1-5(12-4-8(13)14-2)6-3-7(10)15-9(6)11/h3,5,12H,4H2,1-2H3. The average Bonchev–Trinajstić information content (AvgIpc) is 2.53. The third kappa shape index (κ3) is 3.65. The summed E-state index contributed by atoms with van der Waals surface area (Å²) in [7, 11) is 1.35. The SMILES string of the molecule is COC(=O)CNC(C)c1cc(Cl)sc1Cl. The lowest BCUT2D eigenvalue weighted by Gasteiger charge is -2.11. The first kappa shape index (κ1) is 12.8. The van der Waals surface area contributed by atoms with Crippen LogP contribution in [0.3, 0.4) is 0 Å². The Morgan fingerprint density at radius 2 is 2.33 bits per heavy atom. The Bertz CT molecular complexity index is 354. The summed E-state index contributed by atoms with van der Waals surface area (Å²) in [5.41, 5.74) is 0.899. The van der Waals surface area contributed by atoms with Gasteiger partial charge in [0.15, 0.2) is 0 Å². The molecule has 1 aromatic heterocycles. The fourth-order valence-corrected chi connectivity index (χ4v) is 2.71. The summed E-state index contributed by atoms with van der Waals surface area (Å²) in [6.07, 6.45) is 0. The number of carbonyl (C=O) groups excluding carboxylic acids is 1. The van der Waals surface area contributed by atoms with E-state index in [4.69, 9.17) is 23.2 Å². The second kappa shape index (κ2) is 5.70. The number of carbonyl (C=O) groups is 1. The quantitative estimate of drug-likeness (QED) is 0.853. The first-order valence-corrected chi connectivity index (χ1v) is 5.86. The van der Waals surface area contributed by atoms with Crippen LogP contribution in [0.25, 0.3) is 0 Å². The molecule has 0 radical (unpaired) electrons. The van der Waals surface area contributed by atoms with Gasteiger partial charge in [0.2, 0.25) is 0 Å². The van der Waals surface area contributed by atoms with Crippen LogP contribution >= 0.6 is 34.5 Å². The van der Waals surface area contributed by atoms with Crippen molar-refractivity contribution in [2.45, 2.75) is 13.0 Å². The average molecular weight is 268 g/mol. The molecule has 15 heavy (non-hydrogen) atoms. The number of rotatable bonds is 4. The Balaban J connectivity index is 2.57. The van der Waals surface area contributed by atoms with Crippen LogP contribution in [0.4, 0.5) is 0 Å². The van der Waals surface area contributed by atoms with Crippen molar-refractivity contribution >= 4 is 40.5 Å². The number of hydrogen-bond donors (Lipinski definition) is 1. The van der Waals surface area contributed by atoms with Gasteiger partial charge in [-0.1, -0.05) is 23.2 Å². The lowest BCUT2D eigenvalue weighted by molar-refractivity contribution is -0.139. The highest BCUT2D eigenvalue weighted by molar-refractivity contribution is 7.20. The van der Waals surface area contributed by atoms with Gasteiger partial charge in [-0.15, -0.1) is 11.3 Å². The maximum Gasteiger partial charge on any atom is 0.319 e. The summed E-state index contributed by atoms with van der Waals surface area (Å²) in [5.74, 6) is -0.306. The summed E-state index contributed by atoms with van der Waals surface area (Å²) < 4.78 is 5.80. The highest BCUT2D eigenvalue weighted by Crippen LogP contribution is 2.34. The lowest BCUT2D eigenvalue weighted by atomic mass is 10.2. The Labute approximate surface area is 102 Å². The van der Waals surface area contributed by atoms with Gasteiger partial charge >= 0.3 is 5.97 Å². The van der Waals surface area contributed by atoms with Crippen molar-refractivity contribution in [2.75, 3.05) is 13.7 Å². The molecule has 1 N–H and O–H groups in total. The Hall–Kier alpha value is -0.290. The van der Waals surface area contributed by atoms with Crippen molar-refractivity contribution in [1.82, 2.24) is 5.32 Å². The van der Waals surface area contributed by atoms with Gasteiger partial charge in [-0.2, -0.15) is 0 Å². The van der Waals surface area contributed by atoms with E-state index in [1.54, 1.807) is 6.07 Å². The van der Waals surface area contributed by atoms with Gasteiger partial charge in [-0.05, 0) is 18.6 Å². The summed E-state index contributed by atoms with van der Waals surface area (Å²) in [6.45, 7) is 2.06. The predicted molar refractivity (Wildman–Crippen MR) is 62.8 cm³/mol. The fourth-order valence-electron chi connectivity index (χ4n) is 1.07. The molecule has 84 valence electrons. The molecule has 1 aromatic rings. The van der Waals surface area contributed by atoms with Gasteiger partial charge < -0.3 is 10.1 Å². The lowest BCUT2D eigenvalue weighted by Crippen LogP contribution is -2.26. The van der Waals surface area contributed by atoms with Crippen molar-refractivity contribution in [3.05, 3.63) is 20.3 Å². The Morgan fingerprint density at radius 1 is 1.67 bits per heavy atom. The zero-order valence-electron chi connectivity index (χ0n) is 8.34. The van der Waals surface area contributed by atoms with Gasteiger partial charge in [0, 0.05) is 6.04 Å². The summed E-state index contributed by atoms with van der Waals surface area (Å²) in [6, 6.07) is 1.77. The van der Waals surface area contributed by atoms with E-state index >= 15 is 0 Å². The van der Waals surface area contributed by atoms with Crippen molar-refractivity contribution in [3.8, 4) is 0 Å². The molecular formula is C9H11Cl2NO2S. The summed E-state index contributed by atoms with van der Waals surface area (Å²) in [5, 5.41) is 2.99. The second-order valence-corrected chi connectivity index (χ2v) is 5.24. The van der Waals surface area contributed by atoms with Gasteiger partial charge in [0.05, 0.1) is 22.3 Å². The van der Waals surface area contributed by atoms with E-state index in [-0.39, 0.29) is 18.6 Å². The minimum absolute atomic E-state index is 0.0275. The van der Waals surface area contributed by atoms with Crippen LogP contribution in [0.15, 0.2) is 6.07 Å². The van der Waals surface area contributed by atoms with Crippen molar-refractivity contribution < 1.29 is 9.53 Å². The van der Waals surface area contributed by atoms with Crippen LogP contribution in [-0.2, 0) is 9.53 Å². The highest BCUT2D eigenvalue weighted by atomic mass is 35.5. The molecule has 0 aliphatic carbocycles. The van der Waals surface area contributed by atoms with E-state index in [1.165, 1.54) is 18.4 Å². The maximum atomic E-state index is 10.9. The van der Waals surface area contributed by atoms with Crippen LogP contribution in [0.1, 0.15) is 18.5 Å². The molecule has 0 aliphatic rings. The molecule has 0 spiro atoms. The monoisotopic (exact) mass is 267 g/mol. The van der Waals surface area contributed by atoms with E-state index in [1.807, 2.05) is 6.92 Å². The minimum Gasteiger partial charge on any atom is -0.468 e. The number of esters is 1. The third-order valence-electron chi connectivity index (χ3n) is 1.93. The predicted octanol–water partition coefficient (Wildman–Crippen LogP) is 2.88. The molecule has 0 saturated heterocycles. The van der Waals surface area contributed by atoms with Crippen LogP contribution in [-0.4, -0.2) is 19.6 Å². The Morgan fingerprint density at radius 3 is 2.80 bits per heavy atom. The smallest absolute Gasteiger partial charge is 0.319 e. The van der Waals surface area contributed by atoms with Gasteiger partial charge in [0.1, 0.15) is 0 Å². The van der Waals surface area contributed by atoms with Crippen LogP contribution in [0.2, 0.25) is 8.67 Å². The van der Waals surface area contributed by atoms with Gasteiger partial charge in [-0.3, -0.25) is 4.79 Å². The first-order valence-electron chi connectivity index (χ1n) is 4.29. The van der Waals surface area contributed by atoms with E-state index in [0.29, 0.717) is 8.67 Å². The molecular weight excluding hydrogens is 257 g/mol. The molecule has 0 fully saturated rings.